The van der Waals surface area contributed by atoms with E-state index >= 15 is 0 Å². The van der Waals surface area contributed by atoms with Crippen molar-refractivity contribution in [2.45, 2.75) is 45.6 Å². The summed E-state index contributed by atoms with van der Waals surface area (Å²) in [6.45, 7) is 9.81. The molecule has 7 heteroatoms. The maximum Gasteiger partial charge on any atom is 0.277 e. The van der Waals surface area contributed by atoms with Crippen molar-refractivity contribution < 1.29 is 14.3 Å². The van der Waals surface area contributed by atoms with E-state index in [0.717, 1.165) is 28.8 Å². The molecule has 1 aliphatic heterocycles. The van der Waals surface area contributed by atoms with E-state index in [9.17, 15) is 4.79 Å². The van der Waals surface area contributed by atoms with Crippen molar-refractivity contribution in [1.29, 1.82) is 0 Å². The van der Waals surface area contributed by atoms with Crippen LogP contribution in [0.15, 0.2) is 46.0 Å². The van der Waals surface area contributed by atoms with Crippen LogP contribution in [-0.4, -0.2) is 37.9 Å². The number of fused-ring (bicyclic) bond motifs is 1. The number of hydrazone groups is 1. The number of benzene rings is 2. The first-order valence-electron chi connectivity index (χ1n) is 10.4. The summed E-state index contributed by atoms with van der Waals surface area (Å²) in [5, 5.41) is 4.11. The van der Waals surface area contributed by atoms with Gasteiger partial charge in [0, 0.05) is 33.9 Å². The van der Waals surface area contributed by atoms with Crippen LogP contribution < -0.4 is 19.8 Å². The van der Waals surface area contributed by atoms with Gasteiger partial charge in [-0.3, -0.25) is 4.79 Å². The molecule has 0 radical (unpaired) electrons. The second-order valence-electron chi connectivity index (χ2n) is 8.35. The third kappa shape index (κ3) is 5.39. The number of carbonyl (C=O) groups is 1. The van der Waals surface area contributed by atoms with Crippen molar-refractivity contribution in [1.82, 2.24) is 5.43 Å². The van der Waals surface area contributed by atoms with Crippen LogP contribution in [0.4, 0.5) is 5.69 Å². The van der Waals surface area contributed by atoms with Crippen LogP contribution >= 0.6 is 15.9 Å². The number of rotatable bonds is 7. The Labute approximate surface area is 192 Å². The lowest BCUT2D eigenvalue weighted by Gasteiger charge is -2.47. The van der Waals surface area contributed by atoms with Gasteiger partial charge in [0.2, 0.25) is 0 Å². The largest absolute Gasteiger partial charge is 0.496 e. The van der Waals surface area contributed by atoms with Crippen molar-refractivity contribution in [2.75, 3.05) is 25.2 Å². The molecule has 1 atom stereocenters. The average molecular weight is 488 g/mol. The summed E-state index contributed by atoms with van der Waals surface area (Å²) < 4.78 is 12.0. The molecule has 31 heavy (non-hydrogen) atoms. The number of nitrogens with zero attached hydrogens (tertiary/aromatic N) is 2. The van der Waals surface area contributed by atoms with E-state index in [1.807, 2.05) is 12.1 Å². The first-order chi connectivity index (χ1) is 14.7. The SMILES string of the molecule is CCN1c2cc(OC)c(/C=N\NC(=O)COc3ccc(Br)cc3)cc2C(C)CC1(C)C. The molecule has 0 bridgehead atoms. The van der Waals surface area contributed by atoms with E-state index in [0.29, 0.717) is 11.7 Å². The highest BCUT2D eigenvalue weighted by Gasteiger charge is 2.36. The third-order valence-electron chi connectivity index (χ3n) is 5.63. The van der Waals surface area contributed by atoms with Crippen LogP contribution in [0.25, 0.3) is 0 Å². The molecule has 0 aliphatic carbocycles. The maximum atomic E-state index is 12.1. The van der Waals surface area contributed by atoms with Gasteiger partial charge in [-0.15, -0.1) is 0 Å². The van der Waals surface area contributed by atoms with Crippen LogP contribution in [-0.2, 0) is 4.79 Å². The van der Waals surface area contributed by atoms with Crippen LogP contribution in [0, 0.1) is 0 Å². The molecule has 1 N–H and O–H groups in total. The van der Waals surface area contributed by atoms with Gasteiger partial charge in [-0.1, -0.05) is 22.9 Å². The molecular formula is C24H30BrN3O3. The second-order valence-corrected chi connectivity index (χ2v) is 9.27. The predicted molar refractivity (Wildman–Crippen MR) is 128 cm³/mol. The molecular weight excluding hydrogens is 458 g/mol. The summed E-state index contributed by atoms with van der Waals surface area (Å²) in [4.78, 5) is 14.5. The summed E-state index contributed by atoms with van der Waals surface area (Å²) in [7, 11) is 1.65. The lowest BCUT2D eigenvalue weighted by molar-refractivity contribution is -0.123. The van der Waals surface area contributed by atoms with Crippen LogP contribution in [0.5, 0.6) is 11.5 Å². The van der Waals surface area contributed by atoms with Crippen molar-refractivity contribution in [3.05, 3.63) is 52.0 Å². The van der Waals surface area contributed by atoms with Gasteiger partial charge >= 0.3 is 0 Å². The Bertz CT molecular complexity index is 957. The van der Waals surface area contributed by atoms with Crippen LogP contribution in [0.2, 0.25) is 0 Å². The number of ether oxygens (including phenoxy) is 2. The Hall–Kier alpha value is -2.54. The van der Waals surface area contributed by atoms with Crippen LogP contribution in [0.1, 0.15) is 51.2 Å². The zero-order chi connectivity index (χ0) is 22.6. The molecule has 0 fully saturated rings. The number of methoxy groups -OCH3 is 1. The van der Waals surface area contributed by atoms with E-state index < -0.39 is 0 Å². The van der Waals surface area contributed by atoms with Gasteiger partial charge in [0.05, 0.1) is 13.3 Å². The van der Waals surface area contributed by atoms with Gasteiger partial charge < -0.3 is 14.4 Å². The Morgan fingerprint density at radius 2 is 2.03 bits per heavy atom. The Morgan fingerprint density at radius 3 is 2.68 bits per heavy atom. The third-order valence-corrected chi connectivity index (χ3v) is 6.16. The highest BCUT2D eigenvalue weighted by molar-refractivity contribution is 9.10. The minimum Gasteiger partial charge on any atom is -0.496 e. The number of carbonyl (C=O) groups excluding carboxylic acids is 1. The summed E-state index contributed by atoms with van der Waals surface area (Å²) in [6, 6.07) is 11.5. The quantitative estimate of drug-likeness (QED) is 0.435. The fraction of sp³-hybridized carbons (Fsp3) is 0.417. The Balaban J connectivity index is 1.71. The highest BCUT2D eigenvalue weighted by Crippen LogP contribution is 2.45. The topological polar surface area (TPSA) is 63.2 Å². The number of anilines is 1. The zero-order valence-electron chi connectivity index (χ0n) is 18.7. The predicted octanol–water partition coefficient (Wildman–Crippen LogP) is 5.10. The van der Waals surface area contributed by atoms with Crippen molar-refractivity contribution in [3.63, 3.8) is 0 Å². The average Bonchev–Trinajstić information content (AvgIpc) is 2.73. The Morgan fingerprint density at radius 1 is 1.32 bits per heavy atom. The molecule has 1 heterocycles. The fourth-order valence-electron chi connectivity index (χ4n) is 4.29. The summed E-state index contributed by atoms with van der Waals surface area (Å²) in [5.41, 5.74) is 5.91. The molecule has 1 unspecified atom stereocenters. The molecule has 2 aromatic rings. The molecule has 0 spiro atoms. The molecule has 1 aliphatic rings. The molecule has 2 aromatic carbocycles. The molecule has 6 nitrogen and oxygen atoms in total. The number of halogens is 1. The monoisotopic (exact) mass is 487 g/mol. The van der Waals surface area contributed by atoms with E-state index in [1.165, 1.54) is 11.3 Å². The molecule has 0 saturated carbocycles. The first kappa shape index (κ1) is 23.1. The number of hydrogen-bond donors (Lipinski definition) is 1. The van der Waals surface area contributed by atoms with Crippen molar-refractivity contribution in [2.24, 2.45) is 5.10 Å². The summed E-state index contributed by atoms with van der Waals surface area (Å²) in [5.74, 6) is 1.44. The van der Waals surface area contributed by atoms with Gasteiger partial charge in [-0.2, -0.15) is 5.10 Å². The van der Waals surface area contributed by atoms with E-state index in [2.05, 4.69) is 71.2 Å². The summed E-state index contributed by atoms with van der Waals surface area (Å²) in [6.07, 6.45) is 2.69. The lowest BCUT2D eigenvalue weighted by atomic mass is 9.79. The van der Waals surface area contributed by atoms with Gasteiger partial charge in [-0.25, -0.2) is 5.43 Å². The molecule has 0 saturated heterocycles. The minimum absolute atomic E-state index is 0.0879. The van der Waals surface area contributed by atoms with Gasteiger partial charge in [-0.05, 0) is 69.0 Å². The summed E-state index contributed by atoms with van der Waals surface area (Å²) >= 11 is 3.37. The zero-order valence-corrected chi connectivity index (χ0v) is 20.3. The normalized spacial score (nSPS) is 17.4. The fourth-order valence-corrected chi connectivity index (χ4v) is 4.55. The van der Waals surface area contributed by atoms with E-state index in [1.54, 1.807) is 25.5 Å². The standard InChI is InChI=1S/C24H30BrN3O3/c1-6-28-21-12-22(30-5)17(11-20(21)16(2)13-24(28,3)4)14-26-27-23(29)15-31-19-9-7-18(25)8-10-19/h7-12,14,16H,6,13,15H2,1-5H3,(H,27,29)/b26-14-. The van der Waals surface area contributed by atoms with Gasteiger partial charge in [0.15, 0.2) is 6.61 Å². The van der Waals surface area contributed by atoms with E-state index in [-0.39, 0.29) is 18.1 Å². The Kier molecular flexibility index (Phi) is 7.26. The molecule has 3 rings (SSSR count). The van der Waals surface area contributed by atoms with Crippen molar-refractivity contribution in [3.8, 4) is 11.5 Å². The molecule has 166 valence electrons. The van der Waals surface area contributed by atoms with Gasteiger partial charge in [0.1, 0.15) is 11.5 Å². The van der Waals surface area contributed by atoms with Crippen LogP contribution in [0.3, 0.4) is 0 Å². The smallest absolute Gasteiger partial charge is 0.277 e. The maximum absolute atomic E-state index is 12.1. The molecule has 0 aromatic heterocycles. The number of hydrogen-bond acceptors (Lipinski definition) is 5. The second kappa shape index (κ2) is 9.73. The minimum atomic E-state index is -0.330. The molecule has 1 amide bonds. The lowest BCUT2D eigenvalue weighted by Crippen LogP contribution is -2.48. The first-order valence-corrected chi connectivity index (χ1v) is 11.2. The number of nitrogens with one attached hydrogen (secondary N) is 1. The number of amides is 1. The van der Waals surface area contributed by atoms with Crippen molar-refractivity contribution >= 4 is 33.7 Å². The highest BCUT2D eigenvalue weighted by atomic mass is 79.9. The van der Waals surface area contributed by atoms with E-state index in [4.69, 9.17) is 9.47 Å². The van der Waals surface area contributed by atoms with Gasteiger partial charge in [0.25, 0.3) is 5.91 Å².